The molecule has 1 N–H and O–H groups in total. The number of nitrogens with one attached hydrogen (secondary N) is 1. The number of aryl methyl sites for hydroxylation is 1. The van der Waals surface area contributed by atoms with Crippen LogP contribution in [0.2, 0.25) is 5.02 Å². The average Bonchev–Trinajstić information content (AvgIpc) is 3.44. The molecule has 6 heteroatoms. The van der Waals surface area contributed by atoms with Gasteiger partial charge in [-0.1, -0.05) is 17.7 Å². The first-order valence-electron chi connectivity index (χ1n) is 9.79. The van der Waals surface area contributed by atoms with Gasteiger partial charge in [0.15, 0.2) is 0 Å². The number of amides is 1. The quantitative estimate of drug-likeness (QED) is 0.650. The van der Waals surface area contributed by atoms with Crippen molar-refractivity contribution >= 4 is 40.8 Å². The third-order valence-electron chi connectivity index (χ3n) is 5.99. The number of halogens is 1. The van der Waals surface area contributed by atoms with Crippen LogP contribution in [0.3, 0.4) is 0 Å². The van der Waals surface area contributed by atoms with Crippen LogP contribution in [-0.2, 0) is 0 Å². The van der Waals surface area contributed by atoms with Gasteiger partial charge >= 0.3 is 0 Å². The second-order valence-corrected chi connectivity index (χ2v) is 9.30. The summed E-state index contributed by atoms with van der Waals surface area (Å²) >= 11 is 8.15. The molecule has 1 amide bonds. The molecule has 4 nitrogen and oxygen atoms in total. The third kappa shape index (κ3) is 3.74. The number of aromatic nitrogens is 1. The maximum Gasteiger partial charge on any atom is 0.259 e. The summed E-state index contributed by atoms with van der Waals surface area (Å²) in [5.74, 6) is 0.638. The molecule has 0 bridgehead atoms. The van der Waals surface area contributed by atoms with Gasteiger partial charge in [-0.05, 0) is 75.0 Å². The molecule has 4 rings (SSSR count). The Kier molecular flexibility index (Phi) is 5.32. The normalized spacial score (nSPS) is 17.6. The summed E-state index contributed by atoms with van der Waals surface area (Å²) in [6.07, 6.45) is 7.05. The van der Waals surface area contributed by atoms with E-state index in [9.17, 15) is 4.79 Å². The molecule has 0 radical (unpaired) electrons. The standard InChI is InChI=1S/C22H26ClN3OS/c1-14-18(21(27)25-16-6-4-7-17(12-16)28-3)20(24-15(2)19(14)23)26-11-5-8-22(13-26)9-10-22/h4,6-7,12H,5,8-11,13H2,1-3H3,(H,25,27). The van der Waals surface area contributed by atoms with Crippen LogP contribution in [0.25, 0.3) is 0 Å². The molecule has 2 aliphatic rings. The van der Waals surface area contributed by atoms with E-state index in [0.717, 1.165) is 47.2 Å². The van der Waals surface area contributed by atoms with E-state index in [4.69, 9.17) is 16.6 Å². The predicted octanol–water partition coefficient (Wildman–Crippen LogP) is 5.71. The monoisotopic (exact) mass is 415 g/mol. The minimum atomic E-state index is -0.143. The molecule has 2 fully saturated rings. The van der Waals surface area contributed by atoms with Gasteiger partial charge < -0.3 is 10.2 Å². The number of pyridine rings is 1. The van der Waals surface area contributed by atoms with E-state index in [1.807, 2.05) is 44.4 Å². The maximum atomic E-state index is 13.3. The number of anilines is 2. The Morgan fingerprint density at radius 3 is 2.79 bits per heavy atom. The number of piperidine rings is 1. The van der Waals surface area contributed by atoms with Crippen LogP contribution in [0.5, 0.6) is 0 Å². The van der Waals surface area contributed by atoms with Crippen molar-refractivity contribution in [2.24, 2.45) is 5.41 Å². The van der Waals surface area contributed by atoms with Crippen molar-refractivity contribution in [3.63, 3.8) is 0 Å². The predicted molar refractivity (Wildman–Crippen MR) is 118 cm³/mol. The highest BCUT2D eigenvalue weighted by atomic mass is 35.5. The fraction of sp³-hybridized carbons (Fsp3) is 0.455. The Labute approximate surface area is 176 Å². The number of benzene rings is 1. The van der Waals surface area contributed by atoms with Crippen molar-refractivity contribution in [3.8, 4) is 0 Å². The molecule has 148 valence electrons. The molecular formula is C22H26ClN3OS. The van der Waals surface area contributed by atoms with Crippen LogP contribution >= 0.6 is 23.4 Å². The zero-order chi connectivity index (χ0) is 19.9. The van der Waals surface area contributed by atoms with E-state index in [1.165, 1.54) is 19.3 Å². The number of carbonyl (C=O) groups excluding carboxylic acids is 1. The second kappa shape index (κ2) is 7.60. The summed E-state index contributed by atoms with van der Waals surface area (Å²) in [6, 6.07) is 7.89. The Morgan fingerprint density at radius 1 is 1.29 bits per heavy atom. The van der Waals surface area contributed by atoms with Crippen LogP contribution in [0.4, 0.5) is 11.5 Å². The molecule has 0 unspecified atom stereocenters. The molecule has 1 aliphatic carbocycles. The average molecular weight is 416 g/mol. The molecule has 1 saturated carbocycles. The number of nitrogens with zero attached hydrogens (tertiary/aromatic N) is 2. The zero-order valence-corrected chi connectivity index (χ0v) is 18.2. The van der Waals surface area contributed by atoms with Gasteiger partial charge in [-0.15, -0.1) is 11.8 Å². The Morgan fingerprint density at radius 2 is 2.07 bits per heavy atom. The number of rotatable bonds is 4. The van der Waals surface area contributed by atoms with Gasteiger partial charge in [-0.2, -0.15) is 0 Å². The van der Waals surface area contributed by atoms with Crippen molar-refractivity contribution in [1.29, 1.82) is 0 Å². The van der Waals surface area contributed by atoms with Crippen molar-refractivity contribution in [2.75, 3.05) is 29.6 Å². The van der Waals surface area contributed by atoms with E-state index in [1.54, 1.807) is 11.8 Å². The van der Waals surface area contributed by atoms with Crippen molar-refractivity contribution < 1.29 is 4.79 Å². The van der Waals surface area contributed by atoms with Gasteiger partial charge in [-0.3, -0.25) is 4.79 Å². The number of thioether (sulfide) groups is 1. The lowest BCUT2D eigenvalue weighted by Crippen LogP contribution is -2.38. The minimum absolute atomic E-state index is 0.143. The van der Waals surface area contributed by atoms with Crippen molar-refractivity contribution in [2.45, 2.75) is 44.4 Å². The molecule has 1 spiro atoms. The zero-order valence-electron chi connectivity index (χ0n) is 16.6. The Hall–Kier alpha value is -1.72. The third-order valence-corrected chi connectivity index (χ3v) is 7.27. The number of hydrogen-bond acceptors (Lipinski definition) is 4. The molecule has 2 heterocycles. The summed E-state index contributed by atoms with van der Waals surface area (Å²) in [5.41, 5.74) is 3.42. The molecular weight excluding hydrogens is 390 g/mol. The highest BCUT2D eigenvalue weighted by molar-refractivity contribution is 7.98. The van der Waals surface area contributed by atoms with E-state index >= 15 is 0 Å². The van der Waals surface area contributed by atoms with E-state index in [0.29, 0.717) is 16.0 Å². The second-order valence-electron chi connectivity index (χ2n) is 8.05. The van der Waals surface area contributed by atoms with E-state index in [-0.39, 0.29) is 5.91 Å². The van der Waals surface area contributed by atoms with Gasteiger partial charge in [0.25, 0.3) is 5.91 Å². The molecule has 28 heavy (non-hydrogen) atoms. The number of carbonyl (C=O) groups is 1. The van der Waals surface area contributed by atoms with Gasteiger partial charge in [0.2, 0.25) is 0 Å². The first kappa shape index (κ1) is 19.6. The topological polar surface area (TPSA) is 45.2 Å². The van der Waals surface area contributed by atoms with Crippen LogP contribution in [0.15, 0.2) is 29.2 Å². The lowest BCUT2D eigenvalue weighted by Gasteiger charge is -2.35. The molecule has 1 aromatic carbocycles. The summed E-state index contributed by atoms with van der Waals surface area (Å²) in [7, 11) is 0. The summed E-state index contributed by atoms with van der Waals surface area (Å²) in [6.45, 7) is 5.77. The highest BCUT2D eigenvalue weighted by Gasteiger charge is 2.46. The summed E-state index contributed by atoms with van der Waals surface area (Å²) < 4.78 is 0. The van der Waals surface area contributed by atoms with Crippen molar-refractivity contribution in [1.82, 2.24) is 4.98 Å². The fourth-order valence-corrected chi connectivity index (χ4v) is 4.78. The maximum absolute atomic E-state index is 13.3. The van der Waals surface area contributed by atoms with Gasteiger partial charge in [0.1, 0.15) is 5.82 Å². The Bertz CT molecular complexity index is 926. The largest absolute Gasteiger partial charge is 0.355 e. The molecule has 0 atom stereocenters. The number of hydrogen-bond donors (Lipinski definition) is 1. The molecule has 1 aliphatic heterocycles. The molecule has 1 aromatic heterocycles. The van der Waals surface area contributed by atoms with Crippen LogP contribution in [0.1, 0.15) is 47.3 Å². The Balaban J connectivity index is 1.70. The summed E-state index contributed by atoms with van der Waals surface area (Å²) in [4.78, 5) is 21.5. The SMILES string of the molecule is CSc1cccc(NC(=O)c2c(N3CCCC4(CC4)C3)nc(C)c(Cl)c2C)c1. The van der Waals surface area contributed by atoms with E-state index < -0.39 is 0 Å². The first-order chi connectivity index (χ1) is 13.4. The van der Waals surface area contributed by atoms with Crippen LogP contribution in [0, 0.1) is 19.3 Å². The smallest absolute Gasteiger partial charge is 0.259 e. The lowest BCUT2D eigenvalue weighted by atomic mass is 9.94. The highest BCUT2D eigenvalue weighted by Crippen LogP contribution is 2.52. The summed E-state index contributed by atoms with van der Waals surface area (Å²) in [5, 5.41) is 3.63. The van der Waals surface area contributed by atoms with Crippen LogP contribution in [-0.4, -0.2) is 30.2 Å². The lowest BCUT2D eigenvalue weighted by molar-refractivity contribution is 0.102. The molecule has 1 saturated heterocycles. The van der Waals surface area contributed by atoms with E-state index in [2.05, 4.69) is 10.2 Å². The van der Waals surface area contributed by atoms with Gasteiger partial charge in [-0.25, -0.2) is 4.98 Å². The fourth-order valence-electron chi connectivity index (χ4n) is 4.18. The van der Waals surface area contributed by atoms with Gasteiger partial charge in [0.05, 0.1) is 16.3 Å². The van der Waals surface area contributed by atoms with Crippen molar-refractivity contribution in [3.05, 3.63) is 46.1 Å². The van der Waals surface area contributed by atoms with Gasteiger partial charge in [0, 0.05) is 23.7 Å². The van der Waals surface area contributed by atoms with Crippen LogP contribution < -0.4 is 10.2 Å². The first-order valence-corrected chi connectivity index (χ1v) is 11.4. The molecule has 2 aromatic rings. The minimum Gasteiger partial charge on any atom is -0.355 e.